The van der Waals surface area contributed by atoms with Crippen molar-refractivity contribution >= 4 is 29.0 Å². The van der Waals surface area contributed by atoms with Gasteiger partial charge in [0.05, 0.1) is 19.8 Å². The summed E-state index contributed by atoms with van der Waals surface area (Å²) in [6.07, 6.45) is 11.6. The SMILES string of the molecule is CC(=O)C1CCCN(CC2COc3cc4c(cc3OC2)C2(CCC(Nc3cccc(Cl)c3)(C(=O)O)CC2)C(C[C@@H](C)COc2ccnc3c2[C@H](C)CCC3)C4)C1. The lowest BCUT2D eigenvalue weighted by Gasteiger charge is -2.47. The number of carboxylic acids is 1. The number of benzene rings is 2. The van der Waals surface area contributed by atoms with Crippen LogP contribution in [0.5, 0.6) is 17.2 Å². The van der Waals surface area contributed by atoms with Crippen LogP contribution in [0.2, 0.25) is 5.02 Å². The first-order valence-electron chi connectivity index (χ1n) is 21.1. The lowest BCUT2D eigenvalue weighted by molar-refractivity contribution is -0.144. The maximum Gasteiger partial charge on any atom is 0.329 e. The molecule has 3 heterocycles. The highest BCUT2D eigenvalue weighted by Gasteiger charge is 2.54. The Morgan fingerprint density at radius 3 is 2.61 bits per heavy atom. The Hall–Kier alpha value is -3.82. The topological polar surface area (TPSA) is 110 Å². The van der Waals surface area contributed by atoms with Gasteiger partial charge in [0.1, 0.15) is 17.1 Å². The number of nitrogens with one attached hydrogen (secondary N) is 1. The van der Waals surface area contributed by atoms with Crippen LogP contribution in [0, 0.1) is 23.7 Å². The number of aryl methyl sites for hydroxylation is 1. The predicted octanol–water partition coefficient (Wildman–Crippen LogP) is 8.89. The van der Waals surface area contributed by atoms with Gasteiger partial charge in [-0.1, -0.05) is 31.5 Å². The molecule has 8 rings (SSSR count). The number of nitrogens with zero attached hydrogens (tertiary/aromatic N) is 2. The van der Waals surface area contributed by atoms with Crippen molar-refractivity contribution in [3.63, 3.8) is 0 Å². The number of hydrogen-bond acceptors (Lipinski definition) is 8. The molecule has 3 unspecified atom stereocenters. The van der Waals surface area contributed by atoms with Crippen LogP contribution >= 0.6 is 11.6 Å². The van der Waals surface area contributed by atoms with E-state index >= 15 is 0 Å². The lowest BCUT2D eigenvalue weighted by Crippen LogP contribution is -2.53. The number of ketones is 1. The van der Waals surface area contributed by atoms with E-state index in [1.54, 1.807) is 19.1 Å². The number of likely N-dealkylation sites (tertiary alicyclic amines) is 1. The lowest BCUT2D eigenvalue weighted by atomic mass is 9.59. The van der Waals surface area contributed by atoms with Gasteiger partial charge < -0.3 is 29.5 Å². The van der Waals surface area contributed by atoms with Crippen LogP contribution in [0.1, 0.15) is 107 Å². The van der Waals surface area contributed by atoms with E-state index in [2.05, 4.69) is 41.2 Å². The molecular formula is C46H58ClN3O6. The number of pyridine rings is 1. The number of carbonyl (C=O) groups excluding carboxylic acids is 1. The van der Waals surface area contributed by atoms with Crippen molar-refractivity contribution in [1.29, 1.82) is 0 Å². The number of aliphatic carboxylic acids is 1. The van der Waals surface area contributed by atoms with E-state index in [-0.39, 0.29) is 29.0 Å². The summed E-state index contributed by atoms with van der Waals surface area (Å²) in [7, 11) is 0. The molecule has 2 aromatic carbocycles. The van der Waals surface area contributed by atoms with Crippen molar-refractivity contribution in [2.75, 3.05) is 44.8 Å². The summed E-state index contributed by atoms with van der Waals surface area (Å²) >= 11 is 6.32. The van der Waals surface area contributed by atoms with E-state index in [0.717, 1.165) is 93.9 Å². The molecule has 0 radical (unpaired) electrons. The molecule has 3 aliphatic carbocycles. The highest BCUT2D eigenvalue weighted by atomic mass is 35.5. The third-order valence-corrected chi connectivity index (χ3v) is 14.1. The van der Waals surface area contributed by atoms with Crippen molar-refractivity contribution < 1.29 is 28.9 Å². The summed E-state index contributed by atoms with van der Waals surface area (Å²) in [5, 5.41) is 14.7. The maximum absolute atomic E-state index is 13.1. The van der Waals surface area contributed by atoms with Gasteiger partial charge in [0, 0.05) is 53.1 Å². The first-order chi connectivity index (χ1) is 27.0. The van der Waals surface area contributed by atoms with Gasteiger partial charge >= 0.3 is 5.97 Å². The third kappa shape index (κ3) is 7.87. The summed E-state index contributed by atoms with van der Waals surface area (Å²) < 4.78 is 19.8. The van der Waals surface area contributed by atoms with Gasteiger partial charge in [-0.05, 0) is 155 Å². The van der Waals surface area contributed by atoms with Crippen LogP contribution in [0.3, 0.4) is 0 Å². The Kier molecular flexibility index (Phi) is 11.3. The van der Waals surface area contributed by atoms with Crippen molar-refractivity contribution in [2.24, 2.45) is 23.7 Å². The van der Waals surface area contributed by atoms with Crippen molar-refractivity contribution in [1.82, 2.24) is 9.88 Å². The van der Waals surface area contributed by atoms with E-state index in [1.165, 1.54) is 28.8 Å². The van der Waals surface area contributed by atoms with Gasteiger partial charge in [-0.3, -0.25) is 9.78 Å². The number of fused-ring (bicyclic) bond motifs is 4. The zero-order valence-electron chi connectivity index (χ0n) is 33.3. The maximum atomic E-state index is 13.1. The molecule has 3 aromatic rings. The first-order valence-corrected chi connectivity index (χ1v) is 21.4. The largest absolute Gasteiger partial charge is 0.493 e. The molecule has 56 heavy (non-hydrogen) atoms. The average molecular weight is 784 g/mol. The second-order valence-corrected chi connectivity index (χ2v) is 18.3. The molecule has 5 aliphatic rings. The number of carboxylic acid groups (broad SMARTS) is 1. The van der Waals surface area contributed by atoms with Crippen LogP contribution in [0.4, 0.5) is 5.69 Å². The number of Topliss-reactive ketones (excluding diaryl/α,β-unsaturated/α-hetero) is 1. The molecule has 5 atom stereocenters. The fourth-order valence-electron chi connectivity index (χ4n) is 10.8. The van der Waals surface area contributed by atoms with Crippen molar-refractivity contribution in [2.45, 2.75) is 108 Å². The number of carbonyl (C=O) groups is 2. The van der Waals surface area contributed by atoms with Gasteiger partial charge in [-0.2, -0.15) is 0 Å². The fourth-order valence-corrected chi connectivity index (χ4v) is 11.0. The Morgan fingerprint density at radius 1 is 1.07 bits per heavy atom. The molecule has 1 saturated carbocycles. The molecule has 10 heteroatoms. The molecule has 2 aliphatic heterocycles. The van der Waals surface area contributed by atoms with Crippen LogP contribution in [0.15, 0.2) is 48.7 Å². The van der Waals surface area contributed by atoms with Gasteiger partial charge in [-0.25, -0.2) is 4.79 Å². The molecule has 1 spiro atoms. The average Bonchev–Trinajstić information content (AvgIpc) is 3.31. The molecule has 0 amide bonds. The number of hydrogen-bond donors (Lipinski definition) is 2. The quantitative estimate of drug-likeness (QED) is 0.197. The zero-order valence-corrected chi connectivity index (χ0v) is 34.0. The van der Waals surface area contributed by atoms with Crippen LogP contribution in [0.25, 0.3) is 0 Å². The van der Waals surface area contributed by atoms with E-state index in [0.29, 0.717) is 49.5 Å². The third-order valence-electron chi connectivity index (χ3n) is 13.9. The van der Waals surface area contributed by atoms with Gasteiger partial charge in [0.25, 0.3) is 0 Å². The fraction of sp³-hybridized carbons (Fsp3) is 0.587. The standard InChI is InChI=1S/C46H58ClN3O6/c1-29(26-54-40-12-17-48-39-11-4-7-30(2)43(39)40)19-35-20-34-21-41-42(56-28-32(27-55-41)24-50-18-6-8-33(25-50)31(3)51)23-38(34)45(35)13-15-46(16-14-45,44(52)53)49-37-10-5-9-36(47)22-37/h5,9-10,12,17,21-23,29-30,32-33,35,49H,4,6-8,11,13-16,18-20,24-28H2,1-3H3,(H,52,53)/t29-,30-,32?,33?,35?,45?,46?/m1/s1. The summed E-state index contributed by atoms with van der Waals surface area (Å²) in [6, 6.07) is 13.9. The number of aromatic nitrogens is 1. The van der Waals surface area contributed by atoms with E-state index < -0.39 is 11.5 Å². The van der Waals surface area contributed by atoms with Crippen molar-refractivity contribution in [3.8, 4) is 17.2 Å². The number of piperidine rings is 1. The summed E-state index contributed by atoms with van der Waals surface area (Å²) in [4.78, 5) is 32.3. The molecule has 1 saturated heterocycles. The predicted molar refractivity (Wildman–Crippen MR) is 218 cm³/mol. The Morgan fingerprint density at radius 2 is 1.86 bits per heavy atom. The molecule has 300 valence electrons. The summed E-state index contributed by atoms with van der Waals surface area (Å²) in [5.41, 5.74) is 4.46. The number of rotatable bonds is 11. The summed E-state index contributed by atoms with van der Waals surface area (Å²) in [6.45, 7) is 10.7. The molecule has 9 nitrogen and oxygen atoms in total. The Bertz CT molecular complexity index is 1930. The smallest absolute Gasteiger partial charge is 0.329 e. The van der Waals surface area contributed by atoms with Crippen LogP contribution in [-0.4, -0.2) is 71.7 Å². The van der Waals surface area contributed by atoms with Crippen LogP contribution in [-0.2, 0) is 27.8 Å². The van der Waals surface area contributed by atoms with Gasteiger partial charge in [0.15, 0.2) is 11.5 Å². The Labute approximate surface area is 336 Å². The number of halogens is 1. The zero-order chi connectivity index (χ0) is 39.0. The van der Waals surface area contributed by atoms with Gasteiger partial charge in [-0.15, -0.1) is 0 Å². The minimum absolute atomic E-state index is 0.121. The normalized spacial score (nSPS) is 29.1. The Balaban J connectivity index is 1.03. The molecule has 1 aromatic heterocycles. The number of ether oxygens (including phenoxy) is 3. The second kappa shape index (κ2) is 16.2. The number of anilines is 1. The highest BCUT2D eigenvalue weighted by Crippen LogP contribution is 2.58. The minimum Gasteiger partial charge on any atom is -0.493 e. The van der Waals surface area contributed by atoms with Crippen LogP contribution < -0.4 is 19.5 Å². The van der Waals surface area contributed by atoms with E-state index in [9.17, 15) is 14.7 Å². The highest BCUT2D eigenvalue weighted by molar-refractivity contribution is 6.30. The first kappa shape index (κ1) is 39.0. The van der Waals surface area contributed by atoms with Gasteiger partial charge in [0.2, 0.25) is 0 Å². The van der Waals surface area contributed by atoms with E-state index in [1.807, 2.05) is 24.4 Å². The molecule has 0 bridgehead atoms. The summed E-state index contributed by atoms with van der Waals surface area (Å²) in [5.74, 6) is 3.38. The molecule has 2 fully saturated rings. The monoisotopic (exact) mass is 783 g/mol. The van der Waals surface area contributed by atoms with E-state index in [4.69, 9.17) is 25.8 Å². The minimum atomic E-state index is -1.09. The molecule has 2 N–H and O–H groups in total. The molecular weight excluding hydrogens is 726 g/mol. The van der Waals surface area contributed by atoms with Crippen molar-refractivity contribution in [3.05, 3.63) is 76.1 Å². The second-order valence-electron chi connectivity index (χ2n) is 17.8.